The summed E-state index contributed by atoms with van der Waals surface area (Å²) in [5.41, 5.74) is -0.431. The molecule has 3 aromatic heterocycles. The maximum Gasteiger partial charge on any atom is 0.332 e. The van der Waals surface area contributed by atoms with E-state index in [-0.39, 0.29) is 23.2 Å². The van der Waals surface area contributed by atoms with E-state index < -0.39 is 11.2 Å². The number of aromatic amines is 1. The highest BCUT2D eigenvalue weighted by molar-refractivity contribution is 5.94. The number of carbonyl (C=O) groups is 1. The Bertz CT molecular complexity index is 1260. The van der Waals surface area contributed by atoms with Gasteiger partial charge >= 0.3 is 5.69 Å². The predicted molar refractivity (Wildman–Crippen MR) is 108 cm³/mol. The minimum absolute atomic E-state index is 0.195. The van der Waals surface area contributed by atoms with Crippen LogP contribution in [0.2, 0.25) is 0 Å². The Morgan fingerprint density at radius 3 is 2.43 bits per heavy atom. The first-order valence-electron chi connectivity index (χ1n) is 10.2. The molecule has 0 bridgehead atoms. The number of aromatic nitrogens is 6. The Morgan fingerprint density at radius 1 is 1.00 bits per heavy atom. The Balaban J connectivity index is 1.34. The van der Waals surface area contributed by atoms with E-state index in [0.29, 0.717) is 24.4 Å². The van der Waals surface area contributed by atoms with E-state index in [1.807, 2.05) is 0 Å². The van der Waals surface area contributed by atoms with Gasteiger partial charge in [-0.1, -0.05) is 0 Å². The second kappa shape index (κ2) is 6.89. The maximum atomic E-state index is 13.0. The molecule has 156 valence electrons. The standard InChI is InChI=1S/C20H23N7O3/c1-25-17-13(18(28)26(2)20(25)30)5-6-14(21-17)19(29)27-9-7-12(8-10-27)16-22-15(23-24-16)11-3-4-11/h5-6,11-12H,3-4,7-10H2,1-2H3,(H,22,23,24). The first-order chi connectivity index (χ1) is 14.4. The molecule has 1 N–H and O–H groups in total. The summed E-state index contributed by atoms with van der Waals surface area (Å²) in [7, 11) is 2.97. The lowest BCUT2D eigenvalue weighted by Crippen LogP contribution is -2.39. The molecule has 4 heterocycles. The third-order valence-electron chi connectivity index (χ3n) is 6.15. The van der Waals surface area contributed by atoms with Gasteiger partial charge in [0.05, 0.1) is 5.39 Å². The molecular formula is C20H23N7O3. The monoisotopic (exact) mass is 409 g/mol. The highest BCUT2D eigenvalue weighted by Gasteiger charge is 2.31. The summed E-state index contributed by atoms with van der Waals surface area (Å²) in [4.78, 5) is 48.2. The Morgan fingerprint density at radius 2 is 1.73 bits per heavy atom. The van der Waals surface area contributed by atoms with E-state index in [1.54, 1.807) is 24.1 Å². The number of nitrogens with zero attached hydrogens (tertiary/aromatic N) is 6. The lowest BCUT2D eigenvalue weighted by molar-refractivity contribution is 0.0705. The SMILES string of the molecule is Cn1c(=O)c2ccc(C(=O)N3CCC(c4nc(C5CC5)n[nH]4)CC3)nc2n(C)c1=O. The highest BCUT2D eigenvalue weighted by atomic mass is 16.2. The van der Waals surface area contributed by atoms with E-state index in [1.165, 1.54) is 24.5 Å². The van der Waals surface area contributed by atoms with Gasteiger partial charge in [0.1, 0.15) is 17.2 Å². The van der Waals surface area contributed by atoms with Gasteiger partial charge in [0.15, 0.2) is 5.82 Å². The largest absolute Gasteiger partial charge is 0.337 e. The molecule has 3 aromatic rings. The number of H-pyrrole nitrogens is 1. The summed E-state index contributed by atoms with van der Waals surface area (Å²) in [6, 6.07) is 3.12. The van der Waals surface area contributed by atoms with Crippen molar-refractivity contribution in [1.29, 1.82) is 0 Å². The van der Waals surface area contributed by atoms with Gasteiger partial charge < -0.3 is 4.90 Å². The summed E-state index contributed by atoms with van der Waals surface area (Å²) in [6.07, 6.45) is 3.94. The molecule has 10 nitrogen and oxygen atoms in total. The Hall–Kier alpha value is -3.30. The molecule has 2 aliphatic rings. The van der Waals surface area contributed by atoms with Crippen molar-refractivity contribution in [2.45, 2.75) is 37.5 Å². The zero-order chi connectivity index (χ0) is 21.0. The first-order valence-corrected chi connectivity index (χ1v) is 10.2. The van der Waals surface area contributed by atoms with Crippen molar-refractivity contribution in [3.05, 3.63) is 50.3 Å². The fraction of sp³-hybridized carbons (Fsp3) is 0.500. The normalized spacial score (nSPS) is 17.6. The van der Waals surface area contributed by atoms with E-state index in [2.05, 4.69) is 20.2 Å². The van der Waals surface area contributed by atoms with Crippen LogP contribution in [0.4, 0.5) is 0 Å². The van der Waals surface area contributed by atoms with Gasteiger partial charge in [-0.3, -0.25) is 23.8 Å². The Kier molecular flexibility index (Phi) is 4.30. The molecule has 1 saturated carbocycles. The average molecular weight is 409 g/mol. The van der Waals surface area contributed by atoms with Gasteiger partial charge in [0, 0.05) is 39.0 Å². The molecule has 1 aliphatic heterocycles. The predicted octanol–water partition coefficient (Wildman–Crippen LogP) is 0.647. The number of rotatable bonds is 3. The number of nitrogens with one attached hydrogen (secondary N) is 1. The minimum atomic E-state index is -0.469. The summed E-state index contributed by atoms with van der Waals surface area (Å²) < 4.78 is 2.33. The molecule has 0 unspecified atom stereocenters. The quantitative estimate of drug-likeness (QED) is 0.678. The Labute approximate surface area is 171 Å². The van der Waals surface area contributed by atoms with E-state index in [0.717, 1.165) is 29.1 Å². The fourth-order valence-corrected chi connectivity index (χ4v) is 4.09. The molecule has 0 spiro atoms. The van der Waals surface area contributed by atoms with Crippen molar-refractivity contribution < 1.29 is 4.79 Å². The van der Waals surface area contributed by atoms with Crippen LogP contribution in [0.3, 0.4) is 0 Å². The van der Waals surface area contributed by atoms with Crippen molar-refractivity contribution in [3.8, 4) is 0 Å². The van der Waals surface area contributed by atoms with Crippen molar-refractivity contribution in [1.82, 2.24) is 34.2 Å². The number of likely N-dealkylation sites (tertiary alicyclic amines) is 1. The molecule has 0 atom stereocenters. The van der Waals surface area contributed by atoms with Crippen LogP contribution >= 0.6 is 0 Å². The van der Waals surface area contributed by atoms with Crippen LogP contribution in [0.1, 0.15) is 59.7 Å². The number of piperidine rings is 1. The lowest BCUT2D eigenvalue weighted by atomic mass is 9.96. The van der Waals surface area contributed by atoms with Crippen LogP contribution in [0.15, 0.2) is 21.7 Å². The summed E-state index contributed by atoms with van der Waals surface area (Å²) >= 11 is 0. The van der Waals surface area contributed by atoms with Crippen LogP contribution in [-0.4, -0.2) is 53.2 Å². The zero-order valence-corrected chi connectivity index (χ0v) is 17.0. The molecule has 1 amide bonds. The molecule has 1 saturated heterocycles. The lowest BCUT2D eigenvalue weighted by Gasteiger charge is -2.30. The van der Waals surface area contributed by atoms with Crippen LogP contribution in [0.5, 0.6) is 0 Å². The van der Waals surface area contributed by atoms with Crippen molar-refractivity contribution in [2.75, 3.05) is 13.1 Å². The summed E-state index contributed by atoms with van der Waals surface area (Å²) in [6.45, 7) is 1.19. The van der Waals surface area contributed by atoms with Gasteiger partial charge in [-0.05, 0) is 37.8 Å². The number of amides is 1. The second-order valence-electron chi connectivity index (χ2n) is 8.19. The van der Waals surface area contributed by atoms with Crippen molar-refractivity contribution >= 4 is 16.9 Å². The number of carbonyl (C=O) groups excluding carboxylic acids is 1. The fourth-order valence-electron chi connectivity index (χ4n) is 4.09. The second-order valence-corrected chi connectivity index (χ2v) is 8.19. The van der Waals surface area contributed by atoms with Gasteiger partial charge in [0.2, 0.25) is 0 Å². The first kappa shape index (κ1) is 18.7. The molecule has 5 rings (SSSR count). The van der Waals surface area contributed by atoms with Crippen LogP contribution in [-0.2, 0) is 14.1 Å². The molecule has 30 heavy (non-hydrogen) atoms. The van der Waals surface area contributed by atoms with Gasteiger partial charge in [-0.25, -0.2) is 14.8 Å². The molecule has 2 fully saturated rings. The zero-order valence-electron chi connectivity index (χ0n) is 17.0. The average Bonchev–Trinajstić information content (AvgIpc) is 3.52. The highest BCUT2D eigenvalue weighted by Crippen LogP contribution is 2.38. The van der Waals surface area contributed by atoms with E-state index in [9.17, 15) is 14.4 Å². The third kappa shape index (κ3) is 3.03. The molecule has 10 heteroatoms. The number of hydrogen-bond donors (Lipinski definition) is 1. The van der Waals surface area contributed by atoms with Crippen molar-refractivity contribution in [2.24, 2.45) is 14.1 Å². The summed E-state index contributed by atoms with van der Waals surface area (Å²) in [5.74, 6) is 2.42. The summed E-state index contributed by atoms with van der Waals surface area (Å²) in [5, 5.41) is 7.72. The van der Waals surface area contributed by atoms with Gasteiger partial charge in [-0.15, -0.1) is 0 Å². The molecule has 1 aliphatic carbocycles. The molecule has 0 aromatic carbocycles. The topological polar surface area (TPSA) is 119 Å². The molecule has 0 radical (unpaired) electrons. The van der Waals surface area contributed by atoms with Crippen LogP contribution in [0, 0.1) is 0 Å². The van der Waals surface area contributed by atoms with Crippen molar-refractivity contribution in [3.63, 3.8) is 0 Å². The van der Waals surface area contributed by atoms with E-state index >= 15 is 0 Å². The molecular weight excluding hydrogens is 386 g/mol. The minimum Gasteiger partial charge on any atom is -0.337 e. The van der Waals surface area contributed by atoms with E-state index in [4.69, 9.17) is 0 Å². The number of hydrogen-bond acceptors (Lipinski definition) is 6. The number of aryl methyl sites for hydroxylation is 1. The maximum absolute atomic E-state index is 13.0. The van der Waals surface area contributed by atoms with Crippen LogP contribution < -0.4 is 11.2 Å². The van der Waals surface area contributed by atoms with Crippen LogP contribution in [0.25, 0.3) is 11.0 Å². The van der Waals surface area contributed by atoms with Gasteiger partial charge in [-0.2, -0.15) is 5.10 Å². The third-order valence-corrected chi connectivity index (χ3v) is 6.15. The van der Waals surface area contributed by atoms with Gasteiger partial charge in [0.25, 0.3) is 11.5 Å². The smallest absolute Gasteiger partial charge is 0.332 e. The number of fused-ring (bicyclic) bond motifs is 1. The number of pyridine rings is 1.